The fourth-order valence-electron chi connectivity index (χ4n) is 3.66. The molecule has 0 saturated carbocycles. The van der Waals surface area contributed by atoms with Crippen molar-refractivity contribution in [2.45, 2.75) is 45.2 Å². The molecule has 1 saturated heterocycles. The van der Waals surface area contributed by atoms with Gasteiger partial charge in [0.05, 0.1) is 54.2 Å². The number of hydrogen-bond donors (Lipinski definition) is 2. The highest BCUT2D eigenvalue weighted by Gasteiger charge is 2.17. The minimum atomic E-state index is 0.274. The van der Waals surface area contributed by atoms with Crippen LogP contribution in [-0.2, 0) is 4.74 Å². The van der Waals surface area contributed by atoms with E-state index in [9.17, 15) is 0 Å². The standard InChI is InChI=1S/C21H27N7O/c1-3-18(4-2)27-12-16(11-25-27)21-20-5-7-24-28(20)13-19(26-21)15(9-22)10-23-17-6-8-29-14-17/h5,7,9-13,17-18,22-23H,3-4,6,8,14H2,1-2H3/b15-10+,22-9?. The Kier molecular flexibility index (Phi) is 5.71. The van der Waals surface area contributed by atoms with Gasteiger partial charge in [-0.2, -0.15) is 10.2 Å². The zero-order chi connectivity index (χ0) is 20.2. The molecular weight excluding hydrogens is 366 g/mol. The molecule has 0 bridgehead atoms. The molecule has 1 unspecified atom stereocenters. The molecule has 1 fully saturated rings. The smallest absolute Gasteiger partial charge is 0.0999 e. The molecule has 0 spiro atoms. The lowest BCUT2D eigenvalue weighted by Gasteiger charge is -2.12. The van der Waals surface area contributed by atoms with Crippen molar-refractivity contribution in [3.05, 3.63) is 42.7 Å². The largest absolute Gasteiger partial charge is 0.385 e. The summed E-state index contributed by atoms with van der Waals surface area (Å²) >= 11 is 0. The Bertz CT molecular complexity index is 1010. The van der Waals surface area contributed by atoms with Crippen molar-refractivity contribution in [1.82, 2.24) is 29.7 Å². The predicted molar refractivity (Wildman–Crippen MR) is 113 cm³/mol. The molecule has 0 aromatic carbocycles. The Morgan fingerprint density at radius 1 is 1.34 bits per heavy atom. The van der Waals surface area contributed by atoms with Crippen LogP contribution in [0.15, 0.2) is 37.1 Å². The van der Waals surface area contributed by atoms with E-state index in [0.717, 1.165) is 42.6 Å². The molecule has 8 nitrogen and oxygen atoms in total. The highest BCUT2D eigenvalue weighted by molar-refractivity contribution is 6.07. The van der Waals surface area contributed by atoms with Gasteiger partial charge in [0, 0.05) is 36.4 Å². The van der Waals surface area contributed by atoms with Gasteiger partial charge in [0.1, 0.15) is 0 Å². The van der Waals surface area contributed by atoms with Crippen molar-refractivity contribution >= 4 is 17.3 Å². The van der Waals surface area contributed by atoms with E-state index in [4.69, 9.17) is 15.1 Å². The van der Waals surface area contributed by atoms with Gasteiger partial charge < -0.3 is 15.5 Å². The molecule has 1 aliphatic rings. The van der Waals surface area contributed by atoms with E-state index < -0.39 is 0 Å². The Balaban J connectivity index is 1.72. The number of ether oxygens (including phenoxy) is 1. The maximum absolute atomic E-state index is 7.88. The van der Waals surface area contributed by atoms with Crippen molar-refractivity contribution < 1.29 is 4.74 Å². The van der Waals surface area contributed by atoms with Gasteiger partial charge in [-0.3, -0.25) is 4.68 Å². The molecule has 0 aliphatic carbocycles. The molecule has 152 valence electrons. The summed E-state index contributed by atoms with van der Waals surface area (Å²) in [4.78, 5) is 4.88. The second kappa shape index (κ2) is 8.57. The number of nitrogens with zero attached hydrogens (tertiary/aromatic N) is 5. The van der Waals surface area contributed by atoms with Gasteiger partial charge in [0.2, 0.25) is 0 Å². The van der Waals surface area contributed by atoms with E-state index in [-0.39, 0.29) is 6.04 Å². The van der Waals surface area contributed by atoms with Gasteiger partial charge in [-0.1, -0.05) is 13.8 Å². The normalized spacial score (nSPS) is 17.3. The van der Waals surface area contributed by atoms with Crippen LogP contribution in [0.4, 0.5) is 0 Å². The van der Waals surface area contributed by atoms with Crippen LogP contribution in [-0.4, -0.2) is 49.8 Å². The van der Waals surface area contributed by atoms with Crippen LogP contribution < -0.4 is 5.32 Å². The highest BCUT2D eigenvalue weighted by Crippen LogP contribution is 2.26. The third-order valence-electron chi connectivity index (χ3n) is 5.44. The Hall–Kier alpha value is -3.00. The van der Waals surface area contributed by atoms with Crippen molar-refractivity contribution in [1.29, 1.82) is 5.41 Å². The minimum Gasteiger partial charge on any atom is -0.385 e. The first-order valence-electron chi connectivity index (χ1n) is 10.2. The zero-order valence-corrected chi connectivity index (χ0v) is 16.9. The zero-order valence-electron chi connectivity index (χ0n) is 16.9. The van der Waals surface area contributed by atoms with E-state index in [1.165, 1.54) is 6.21 Å². The Labute approximate surface area is 170 Å². The monoisotopic (exact) mass is 393 g/mol. The van der Waals surface area contributed by atoms with Crippen LogP contribution in [0, 0.1) is 5.41 Å². The van der Waals surface area contributed by atoms with E-state index in [2.05, 4.69) is 35.6 Å². The number of rotatable bonds is 8. The number of hydrogen-bond acceptors (Lipinski definition) is 6. The van der Waals surface area contributed by atoms with Crippen LogP contribution in [0.25, 0.3) is 22.3 Å². The fourth-order valence-corrected chi connectivity index (χ4v) is 3.66. The summed E-state index contributed by atoms with van der Waals surface area (Å²) in [6, 6.07) is 2.60. The summed E-state index contributed by atoms with van der Waals surface area (Å²) in [6.07, 6.45) is 13.7. The van der Waals surface area contributed by atoms with E-state index in [1.807, 2.05) is 33.9 Å². The topological polar surface area (TPSA) is 93.1 Å². The molecule has 0 radical (unpaired) electrons. The molecule has 3 aromatic heterocycles. The van der Waals surface area contributed by atoms with Gasteiger partial charge in [-0.25, -0.2) is 9.50 Å². The van der Waals surface area contributed by atoms with Gasteiger partial charge in [-0.15, -0.1) is 0 Å². The summed E-state index contributed by atoms with van der Waals surface area (Å²) in [7, 11) is 0. The van der Waals surface area contributed by atoms with E-state index in [0.29, 0.717) is 23.9 Å². The van der Waals surface area contributed by atoms with Crippen LogP contribution in [0.5, 0.6) is 0 Å². The molecule has 1 atom stereocenters. The summed E-state index contributed by atoms with van der Waals surface area (Å²) in [6.45, 7) is 5.81. The van der Waals surface area contributed by atoms with Gasteiger partial charge >= 0.3 is 0 Å². The number of allylic oxidation sites excluding steroid dienone is 1. The molecule has 0 amide bonds. The van der Waals surface area contributed by atoms with Crippen LogP contribution in [0.1, 0.15) is 44.8 Å². The quantitative estimate of drug-likeness (QED) is 0.573. The average Bonchev–Trinajstić information content (AvgIpc) is 3.50. The third-order valence-corrected chi connectivity index (χ3v) is 5.44. The summed E-state index contributed by atoms with van der Waals surface area (Å²) < 4.78 is 9.23. The van der Waals surface area contributed by atoms with Crippen LogP contribution >= 0.6 is 0 Å². The average molecular weight is 393 g/mol. The van der Waals surface area contributed by atoms with Gasteiger partial charge in [0.15, 0.2) is 0 Å². The lowest BCUT2D eigenvalue weighted by Crippen LogP contribution is -2.24. The van der Waals surface area contributed by atoms with E-state index >= 15 is 0 Å². The third kappa shape index (κ3) is 3.93. The Morgan fingerprint density at radius 2 is 2.21 bits per heavy atom. The first-order valence-corrected chi connectivity index (χ1v) is 10.2. The SMILES string of the molecule is CCC(CC)n1cc(-c2nc(/C(C=N)=C/NC3CCOC3)cn3nccc23)cn1. The van der Waals surface area contributed by atoms with Gasteiger partial charge in [-0.05, 0) is 25.3 Å². The first-order chi connectivity index (χ1) is 14.2. The Morgan fingerprint density at radius 3 is 2.93 bits per heavy atom. The number of nitrogens with one attached hydrogen (secondary N) is 2. The van der Waals surface area contributed by atoms with Crippen molar-refractivity contribution in [2.75, 3.05) is 13.2 Å². The molecule has 8 heteroatoms. The van der Waals surface area contributed by atoms with Crippen LogP contribution in [0.3, 0.4) is 0 Å². The maximum atomic E-state index is 7.88. The summed E-state index contributed by atoms with van der Waals surface area (Å²) in [5.74, 6) is 0. The highest BCUT2D eigenvalue weighted by atomic mass is 16.5. The minimum absolute atomic E-state index is 0.274. The lowest BCUT2D eigenvalue weighted by molar-refractivity contribution is 0.192. The van der Waals surface area contributed by atoms with E-state index in [1.54, 1.807) is 6.20 Å². The summed E-state index contributed by atoms with van der Waals surface area (Å²) in [5.41, 5.74) is 4.06. The van der Waals surface area contributed by atoms with Crippen molar-refractivity contribution in [3.63, 3.8) is 0 Å². The second-order valence-corrected chi connectivity index (χ2v) is 7.29. The molecule has 4 heterocycles. The molecule has 2 N–H and O–H groups in total. The number of fused-ring (bicyclic) bond motifs is 1. The molecule has 4 rings (SSSR count). The van der Waals surface area contributed by atoms with Gasteiger partial charge in [0.25, 0.3) is 0 Å². The second-order valence-electron chi connectivity index (χ2n) is 7.29. The maximum Gasteiger partial charge on any atom is 0.0999 e. The van der Waals surface area contributed by atoms with Crippen LogP contribution in [0.2, 0.25) is 0 Å². The first kappa shape index (κ1) is 19.3. The molecule has 29 heavy (non-hydrogen) atoms. The van der Waals surface area contributed by atoms with Crippen molar-refractivity contribution in [2.24, 2.45) is 0 Å². The number of aromatic nitrogens is 5. The molecular formula is C21H27N7O. The lowest BCUT2D eigenvalue weighted by atomic mass is 10.1. The van der Waals surface area contributed by atoms with Crippen molar-refractivity contribution in [3.8, 4) is 11.3 Å². The summed E-state index contributed by atoms with van der Waals surface area (Å²) in [5, 5.41) is 20.2. The predicted octanol–water partition coefficient (Wildman–Crippen LogP) is 3.32. The molecule has 3 aromatic rings. The fraction of sp³-hybridized carbons (Fsp3) is 0.429. The molecule has 1 aliphatic heterocycles.